The number of ether oxygens (including phenoxy) is 1. The molecule has 1 unspecified atom stereocenters. The molecule has 10 heteroatoms. The van der Waals surface area contributed by atoms with Crippen LogP contribution in [0.5, 0.6) is 0 Å². The molecule has 0 fully saturated rings. The molecule has 0 saturated heterocycles. The number of hydrogen-bond acceptors (Lipinski definition) is 6. The molecule has 0 aliphatic heterocycles. The van der Waals surface area contributed by atoms with Gasteiger partial charge in [0.05, 0.1) is 14.1 Å². The second kappa shape index (κ2) is 8.05. The van der Waals surface area contributed by atoms with Gasteiger partial charge < -0.3 is 4.74 Å². The molecule has 2 aromatic rings. The second-order valence-electron chi connectivity index (χ2n) is 4.93. The molecule has 134 valence electrons. The van der Waals surface area contributed by atoms with Gasteiger partial charge in [-0.1, -0.05) is 11.6 Å². The minimum atomic E-state index is -4.03. The van der Waals surface area contributed by atoms with Gasteiger partial charge in [-0.05, 0) is 43.3 Å². The third kappa shape index (κ3) is 5.33. The standard InChI is InChI=1S/C15H13ClFNO5S2/c1-9(18-25(21,22)11-4-2-10(17)3-5-11)15(20)23-8-12(19)13-6-7-14(16)24-13/h2-7,9,18H,8H2,1H3. The highest BCUT2D eigenvalue weighted by molar-refractivity contribution is 7.89. The molecule has 1 aromatic carbocycles. The molecule has 0 aliphatic carbocycles. The van der Waals surface area contributed by atoms with Gasteiger partial charge in [0.25, 0.3) is 0 Å². The molecular formula is C15H13ClFNO5S2. The maximum atomic E-state index is 12.9. The van der Waals surface area contributed by atoms with Gasteiger partial charge in [-0.3, -0.25) is 9.59 Å². The summed E-state index contributed by atoms with van der Waals surface area (Å²) in [5.74, 6) is -1.95. The molecule has 6 nitrogen and oxygen atoms in total. The van der Waals surface area contributed by atoms with Crippen LogP contribution in [0.25, 0.3) is 0 Å². The third-order valence-electron chi connectivity index (χ3n) is 3.00. The minimum Gasteiger partial charge on any atom is -0.456 e. The Labute approximate surface area is 152 Å². The van der Waals surface area contributed by atoms with E-state index in [1.165, 1.54) is 13.0 Å². The fraction of sp³-hybridized carbons (Fsp3) is 0.200. The predicted octanol–water partition coefficient (Wildman–Crippen LogP) is 2.63. The van der Waals surface area contributed by atoms with E-state index in [9.17, 15) is 22.4 Å². The highest BCUT2D eigenvalue weighted by atomic mass is 35.5. The van der Waals surface area contributed by atoms with E-state index < -0.39 is 40.2 Å². The third-order valence-corrected chi connectivity index (χ3v) is 5.83. The van der Waals surface area contributed by atoms with Gasteiger partial charge in [0.1, 0.15) is 11.9 Å². The van der Waals surface area contributed by atoms with Crippen LogP contribution < -0.4 is 4.72 Å². The summed E-state index contributed by atoms with van der Waals surface area (Å²) >= 11 is 6.76. The second-order valence-corrected chi connectivity index (χ2v) is 8.36. The van der Waals surface area contributed by atoms with Crippen molar-refractivity contribution in [1.82, 2.24) is 4.72 Å². The van der Waals surface area contributed by atoms with Crippen LogP contribution in [0.15, 0.2) is 41.3 Å². The van der Waals surface area contributed by atoms with Gasteiger partial charge in [-0.15, -0.1) is 11.3 Å². The van der Waals surface area contributed by atoms with E-state index >= 15 is 0 Å². The fourth-order valence-electron chi connectivity index (χ4n) is 1.76. The SMILES string of the molecule is CC(NS(=O)(=O)c1ccc(F)cc1)C(=O)OCC(=O)c1ccc(Cl)s1. The quantitative estimate of drug-likeness (QED) is 0.565. The van der Waals surface area contributed by atoms with Crippen molar-refractivity contribution in [3.63, 3.8) is 0 Å². The van der Waals surface area contributed by atoms with Crippen LogP contribution in [0, 0.1) is 5.82 Å². The number of rotatable bonds is 7. The monoisotopic (exact) mass is 405 g/mol. The number of ketones is 1. The molecular weight excluding hydrogens is 393 g/mol. The van der Waals surface area contributed by atoms with Crippen molar-refractivity contribution in [3.8, 4) is 0 Å². The summed E-state index contributed by atoms with van der Waals surface area (Å²) in [5.41, 5.74) is 0. The van der Waals surface area contributed by atoms with Gasteiger partial charge in [0, 0.05) is 0 Å². The molecule has 0 amide bonds. The Bertz CT molecular complexity index is 880. The summed E-state index contributed by atoms with van der Waals surface area (Å²) in [6.07, 6.45) is 0. The minimum absolute atomic E-state index is 0.196. The van der Waals surface area contributed by atoms with E-state index in [0.29, 0.717) is 9.21 Å². The zero-order valence-corrected chi connectivity index (χ0v) is 15.3. The van der Waals surface area contributed by atoms with Gasteiger partial charge >= 0.3 is 5.97 Å². The molecule has 0 bridgehead atoms. The number of esters is 1. The van der Waals surface area contributed by atoms with Crippen LogP contribution in [0.1, 0.15) is 16.6 Å². The maximum absolute atomic E-state index is 12.9. The fourth-order valence-corrected chi connectivity index (χ4v) is 3.92. The molecule has 2 rings (SSSR count). The number of benzene rings is 1. The molecule has 0 radical (unpaired) electrons. The summed E-state index contributed by atoms with van der Waals surface area (Å²) in [4.78, 5) is 23.8. The maximum Gasteiger partial charge on any atom is 0.324 e. The van der Waals surface area contributed by atoms with Crippen molar-refractivity contribution < 1.29 is 27.1 Å². The van der Waals surface area contributed by atoms with Crippen molar-refractivity contribution >= 4 is 44.7 Å². The Morgan fingerprint density at radius 3 is 2.44 bits per heavy atom. The Balaban J connectivity index is 1.93. The molecule has 0 aliphatic rings. The average Bonchev–Trinajstić information content (AvgIpc) is 2.98. The van der Waals surface area contributed by atoms with Gasteiger partial charge in [-0.25, -0.2) is 12.8 Å². The summed E-state index contributed by atoms with van der Waals surface area (Å²) in [5, 5.41) is 0. The Kier molecular flexibility index (Phi) is 6.28. The molecule has 1 aromatic heterocycles. The van der Waals surface area contributed by atoms with Crippen molar-refractivity contribution in [2.24, 2.45) is 0 Å². The molecule has 1 heterocycles. The largest absolute Gasteiger partial charge is 0.456 e. The number of carbonyl (C=O) groups excluding carboxylic acids is 2. The highest BCUT2D eigenvalue weighted by Gasteiger charge is 2.24. The normalized spacial score (nSPS) is 12.6. The summed E-state index contributed by atoms with van der Waals surface area (Å²) in [6, 6.07) is 5.93. The number of carbonyl (C=O) groups is 2. The first-order chi connectivity index (χ1) is 11.7. The topological polar surface area (TPSA) is 89.5 Å². The van der Waals surface area contributed by atoms with Gasteiger partial charge in [0.15, 0.2) is 6.61 Å². The van der Waals surface area contributed by atoms with E-state index in [0.717, 1.165) is 35.6 Å². The van der Waals surface area contributed by atoms with Crippen LogP contribution >= 0.6 is 22.9 Å². The molecule has 25 heavy (non-hydrogen) atoms. The molecule has 0 spiro atoms. The average molecular weight is 406 g/mol. The lowest BCUT2D eigenvalue weighted by molar-refractivity contribution is -0.144. The number of thiophene rings is 1. The number of halogens is 2. The number of hydrogen-bond donors (Lipinski definition) is 1. The highest BCUT2D eigenvalue weighted by Crippen LogP contribution is 2.21. The molecule has 0 saturated carbocycles. The number of Topliss-reactive ketones (excluding diaryl/α,β-unsaturated/α-hetero) is 1. The van der Waals surface area contributed by atoms with E-state index in [2.05, 4.69) is 4.72 Å². The summed E-state index contributed by atoms with van der Waals surface area (Å²) < 4.78 is 44.4. The Morgan fingerprint density at radius 2 is 1.88 bits per heavy atom. The van der Waals surface area contributed by atoms with Crippen LogP contribution in [0.4, 0.5) is 4.39 Å². The van der Waals surface area contributed by atoms with E-state index in [4.69, 9.17) is 16.3 Å². The molecule has 1 N–H and O–H groups in total. The van der Waals surface area contributed by atoms with Crippen LogP contribution in [-0.4, -0.2) is 32.8 Å². The van der Waals surface area contributed by atoms with Crippen LogP contribution in [0.2, 0.25) is 4.34 Å². The van der Waals surface area contributed by atoms with Crippen LogP contribution in [0.3, 0.4) is 0 Å². The zero-order chi connectivity index (χ0) is 18.6. The van der Waals surface area contributed by atoms with E-state index in [1.54, 1.807) is 6.07 Å². The van der Waals surface area contributed by atoms with Crippen molar-refractivity contribution in [2.45, 2.75) is 17.9 Å². The summed E-state index contributed by atoms with van der Waals surface area (Å²) in [7, 11) is -4.03. The van der Waals surface area contributed by atoms with E-state index in [-0.39, 0.29) is 4.90 Å². The van der Waals surface area contributed by atoms with Gasteiger partial charge in [0.2, 0.25) is 15.8 Å². The first-order valence-corrected chi connectivity index (χ1v) is 9.60. The van der Waals surface area contributed by atoms with Gasteiger partial charge in [-0.2, -0.15) is 4.72 Å². The number of sulfonamides is 1. The lowest BCUT2D eigenvalue weighted by Crippen LogP contribution is -2.40. The van der Waals surface area contributed by atoms with Crippen molar-refractivity contribution in [1.29, 1.82) is 0 Å². The van der Waals surface area contributed by atoms with E-state index in [1.807, 2.05) is 0 Å². The first kappa shape index (κ1) is 19.5. The Morgan fingerprint density at radius 1 is 1.24 bits per heavy atom. The Hall–Kier alpha value is -1.81. The number of nitrogens with one attached hydrogen (secondary N) is 1. The lowest BCUT2D eigenvalue weighted by Gasteiger charge is -2.13. The van der Waals surface area contributed by atoms with Crippen molar-refractivity contribution in [2.75, 3.05) is 6.61 Å². The zero-order valence-electron chi connectivity index (χ0n) is 12.9. The molecule has 1 atom stereocenters. The van der Waals surface area contributed by atoms with Crippen LogP contribution in [-0.2, 0) is 19.6 Å². The lowest BCUT2D eigenvalue weighted by atomic mass is 10.3. The first-order valence-electron chi connectivity index (χ1n) is 6.92. The summed E-state index contributed by atoms with van der Waals surface area (Å²) in [6.45, 7) is 0.744. The van der Waals surface area contributed by atoms with Crippen molar-refractivity contribution in [3.05, 3.63) is 51.4 Å². The smallest absolute Gasteiger partial charge is 0.324 e. The predicted molar refractivity (Wildman–Crippen MR) is 90.8 cm³/mol.